The van der Waals surface area contributed by atoms with Crippen molar-refractivity contribution in [1.29, 1.82) is 0 Å². The minimum Gasteiger partial charge on any atom is -0.456 e. The Labute approximate surface area is 375 Å². The molecule has 9 aromatic carbocycles. The first-order valence-corrected chi connectivity index (χ1v) is 22.4. The number of fused-ring (bicyclic) bond motifs is 9. The molecule has 64 heavy (non-hydrogen) atoms. The predicted molar refractivity (Wildman–Crippen MR) is 272 cm³/mol. The standard InChI is InChI=1S/C60H52N2O2/c1-37-17-23-43(24-18-37)61(52-15-11-9-13-50(52)59(3,4)5)45-27-21-39-33-48-47-29-30-54-57(58(47)64-55(48)35-41(39)31-45)49-34-40-22-28-46(32-42(40)36-56(49)63-54)62(44-25-19-38(2)20-26-44)53-16-12-10-14-51(53)60(6,7)8/h9-36H,1-8H3. The molecule has 2 aromatic heterocycles. The summed E-state index contributed by atoms with van der Waals surface area (Å²) in [7, 11) is 0. The molecule has 0 atom stereocenters. The first-order valence-electron chi connectivity index (χ1n) is 22.4. The van der Waals surface area contributed by atoms with E-state index >= 15 is 0 Å². The van der Waals surface area contributed by atoms with E-state index in [1.54, 1.807) is 0 Å². The molecule has 0 fully saturated rings. The Kier molecular flexibility index (Phi) is 9.04. The number of hydrogen-bond donors (Lipinski definition) is 0. The Hall–Kier alpha value is -7.30. The molecule has 314 valence electrons. The van der Waals surface area contributed by atoms with Crippen molar-refractivity contribution in [2.45, 2.75) is 66.2 Å². The van der Waals surface area contributed by atoms with Gasteiger partial charge in [-0.2, -0.15) is 0 Å². The van der Waals surface area contributed by atoms with E-state index in [9.17, 15) is 0 Å². The van der Waals surface area contributed by atoms with Crippen molar-refractivity contribution in [3.63, 3.8) is 0 Å². The topological polar surface area (TPSA) is 32.8 Å². The Morgan fingerprint density at radius 1 is 0.359 bits per heavy atom. The quantitative estimate of drug-likeness (QED) is 0.167. The van der Waals surface area contributed by atoms with Crippen LogP contribution in [0.15, 0.2) is 179 Å². The summed E-state index contributed by atoms with van der Waals surface area (Å²) < 4.78 is 13.6. The molecule has 0 saturated heterocycles. The summed E-state index contributed by atoms with van der Waals surface area (Å²) in [5.41, 5.74) is 15.1. The number of nitrogens with zero attached hydrogens (tertiary/aromatic N) is 2. The zero-order valence-corrected chi connectivity index (χ0v) is 37.9. The minimum absolute atomic E-state index is 0.0453. The van der Waals surface area contributed by atoms with E-state index in [-0.39, 0.29) is 10.8 Å². The molecule has 0 saturated carbocycles. The zero-order chi connectivity index (χ0) is 44.1. The van der Waals surface area contributed by atoms with Crippen LogP contribution in [0, 0.1) is 13.8 Å². The maximum atomic E-state index is 6.91. The van der Waals surface area contributed by atoms with Crippen molar-refractivity contribution in [2.24, 2.45) is 0 Å². The molecular formula is C60H52N2O2. The third-order valence-corrected chi connectivity index (χ3v) is 13.0. The lowest BCUT2D eigenvalue weighted by Crippen LogP contribution is -2.19. The number of aryl methyl sites for hydroxylation is 2. The van der Waals surface area contributed by atoms with Crippen molar-refractivity contribution in [3.8, 4) is 0 Å². The fourth-order valence-corrected chi connectivity index (χ4v) is 9.68. The molecule has 0 N–H and O–H groups in total. The SMILES string of the molecule is Cc1ccc(N(c2ccc3cc4c(cc3c2)oc2c4ccc3oc4cc5cc(N(c6ccc(C)cc6)c6ccccc6C(C)(C)C)ccc5cc4c32)c2ccccc2C(C)(C)C)cc1. The number of para-hydroxylation sites is 2. The highest BCUT2D eigenvalue weighted by Crippen LogP contribution is 2.46. The van der Waals surface area contributed by atoms with Crippen molar-refractivity contribution in [1.82, 2.24) is 0 Å². The summed E-state index contributed by atoms with van der Waals surface area (Å²) in [6.07, 6.45) is 0. The summed E-state index contributed by atoms with van der Waals surface area (Å²) in [6, 6.07) is 61.9. The Morgan fingerprint density at radius 2 is 0.812 bits per heavy atom. The van der Waals surface area contributed by atoms with E-state index in [4.69, 9.17) is 8.83 Å². The van der Waals surface area contributed by atoms with Gasteiger partial charge in [-0.15, -0.1) is 0 Å². The molecule has 0 amide bonds. The monoisotopic (exact) mass is 832 g/mol. The lowest BCUT2D eigenvalue weighted by molar-refractivity contribution is 0.590. The number of hydrogen-bond acceptors (Lipinski definition) is 4. The van der Waals surface area contributed by atoms with E-state index < -0.39 is 0 Å². The first-order chi connectivity index (χ1) is 30.8. The second-order valence-electron chi connectivity index (χ2n) is 19.7. The molecular weight excluding hydrogens is 781 g/mol. The highest BCUT2D eigenvalue weighted by molar-refractivity contribution is 6.24. The van der Waals surface area contributed by atoms with Gasteiger partial charge in [-0.05, 0) is 154 Å². The Morgan fingerprint density at radius 3 is 1.31 bits per heavy atom. The molecule has 11 aromatic rings. The van der Waals surface area contributed by atoms with E-state index in [2.05, 4.69) is 235 Å². The third-order valence-electron chi connectivity index (χ3n) is 13.0. The van der Waals surface area contributed by atoms with E-state index in [0.717, 1.165) is 88.2 Å². The molecule has 0 unspecified atom stereocenters. The van der Waals surface area contributed by atoms with Gasteiger partial charge in [0, 0.05) is 50.3 Å². The zero-order valence-electron chi connectivity index (χ0n) is 37.9. The highest BCUT2D eigenvalue weighted by Gasteiger charge is 2.26. The average Bonchev–Trinajstić information content (AvgIpc) is 3.83. The summed E-state index contributed by atoms with van der Waals surface area (Å²) >= 11 is 0. The van der Waals surface area contributed by atoms with Gasteiger partial charge in [0.1, 0.15) is 22.3 Å². The second kappa shape index (κ2) is 14.6. The van der Waals surface area contributed by atoms with Crippen LogP contribution in [-0.4, -0.2) is 0 Å². The maximum absolute atomic E-state index is 6.91. The Bertz CT molecular complexity index is 3590. The molecule has 0 bridgehead atoms. The van der Waals surface area contributed by atoms with Crippen LogP contribution in [0.4, 0.5) is 34.1 Å². The van der Waals surface area contributed by atoms with Gasteiger partial charge in [-0.1, -0.05) is 125 Å². The first kappa shape index (κ1) is 39.5. The predicted octanol–water partition coefficient (Wildman–Crippen LogP) is 17.9. The van der Waals surface area contributed by atoms with Gasteiger partial charge in [-0.3, -0.25) is 0 Å². The molecule has 2 heterocycles. The van der Waals surface area contributed by atoms with Gasteiger partial charge >= 0.3 is 0 Å². The maximum Gasteiger partial charge on any atom is 0.147 e. The van der Waals surface area contributed by atoms with Crippen LogP contribution < -0.4 is 9.80 Å². The average molecular weight is 833 g/mol. The minimum atomic E-state index is -0.0454. The number of anilines is 6. The van der Waals surface area contributed by atoms with Gasteiger partial charge in [0.05, 0.1) is 5.39 Å². The number of furan rings is 2. The Balaban J connectivity index is 1.04. The van der Waals surface area contributed by atoms with Crippen LogP contribution in [0.5, 0.6) is 0 Å². The molecule has 0 spiro atoms. The lowest BCUT2D eigenvalue weighted by atomic mass is 9.85. The number of rotatable bonds is 6. The van der Waals surface area contributed by atoms with E-state index in [0.29, 0.717) is 0 Å². The summed E-state index contributed by atoms with van der Waals surface area (Å²) in [5.74, 6) is 0. The molecule has 4 heteroatoms. The molecule has 11 rings (SSSR count). The largest absolute Gasteiger partial charge is 0.456 e. The van der Waals surface area contributed by atoms with Crippen LogP contribution in [0.1, 0.15) is 63.8 Å². The summed E-state index contributed by atoms with van der Waals surface area (Å²) in [4.78, 5) is 4.78. The van der Waals surface area contributed by atoms with Gasteiger partial charge in [-0.25, -0.2) is 0 Å². The van der Waals surface area contributed by atoms with Crippen molar-refractivity contribution in [2.75, 3.05) is 9.80 Å². The fourth-order valence-electron chi connectivity index (χ4n) is 9.68. The van der Waals surface area contributed by atoms with E-state index in [1.807, 2.05) is 0 Å². The van der Waals surface area contributed by atoms with Gasteiger partial charge in [0.25, 0.3) is 0 Å². The van der Waals surface area contributed by atoms with Gasteiger partial charge < -0.3 is 18.6 Å². The van der Waals surface area contributed by atoms with Crippen LogP contribution in [0.3, 0.4) is 0 Å². The van der Waals surface area contributed by atoms with Crippen LogP contribution >= 0.6 is 0 Å². The van der Waals surface area contributed by atoms with Gasteiger partial charge in [0.15, 0.2) is 0 Å². The van der Waals surface area contributed by atoms with Crippen LogP contribution in [-0.2, 0) is 10.8 Å². The van der Waals surface area contributed by atoms with Crippen molar-refractivity contribution in [3.05, 3.63) is 192 Å². The summed E-state index contributed by atoms with van der Waals surface area (Å²) in [6.45, 7) is 18.0. The lowest BCUT2D eigenvalue weighted by Gasteiger charge is -2.32. The fraction of sp³-hybridized carbons (Fsp3) is 0.167. The molecule has 0 aliphatic rings. The normalized spacial score (nSPS) is 12.4. The highest BCUT2D eigenvalue weighted by atomic mass is 16.3. The smallest absolute Gasteiger partial charge is 0.147 e. The molecule has 4 nitrogen and oxygen atoms in total. The van der Waals surface area contributed by atoms with Gasteiger partial charge in [0.2, 0.25) is 0 Å². The van der Waals surface area contributed by atoms with Crippen LogP contribution in [0.25, 0.3) is 65.4 Å². The molecule has 0 aliphatic heterocycles. The molecule has 0 aliphatic carbocycles. The molecule has 0 radical (unpaired) electrons. The summed E-state index contributed by atoms with van der Waals surface area (Å²) in [5, 5.41) is 8.77. The van der Waals surface area contributed by atoms with Crippen molar-refractivity contribution < 1.29 is 8.83 Å². The third kappa shape index (κ3) is 6.68. The second-order valence-corrected chi connectivity index (χ2v) is 19.7. The van der Waals surface area contributed by atoms with Crippen LogP contribution in [0.2, 0.25) is 0 Å². The van der Waals surface area contributed by atoms with E-state index in [1.165, 1.54) is 33.6 Å². The van der Waals surface area contributed by atoms with Crippen molar-refractivity contribution >= 4 is 99.5 Å². The number of benzene rings is 9.